The van der Waals surface area contributed by atoms with Gasteiger partial charge in [0.15, 0.2) is 0 Å². The van der Waals surface area contributed by atoms with Crippen molar-refractivity contribution in [1.82, 2.24) is 15.2 Å². The zero-order chi connectivity index (χ0) is 15.5. The number of nitrogens with one attached hydrogen (secondary N) is 2. The largest absolute Gasteiger partial charge is 0.361 e. The van der Waals surface area contributed by atoms with E-state index in [0.717, 1.165) is 25.0 Å². The molecule has 3 rings (SSSR count). The van der Waals surface area contributed by atoms with Crippen molar-refractivity contribution in [3.63, 3.8) is 0 Å². The highest BCUT2D eigenvalue weighted by Gasteiger charge is 2.24. The predicted molar refractivity (Wildman–Crippen MR) is 89.9 cm³/mol. The maximum atomic E-state index is 12.3. The van der Waals surface area contributed by atoms with Gasteiger partial charge in [-0.25, -0.2) is 4.79 Å². The number of likely N-dealkylation sites (tertiary alicyclic amines) is 1. The van der Waals surface area contributed by atoms with Crippen molar-refractivity contribution in [3.8, 4) is 0 Å². The van der Waals surface area contributed by atoms with Crippen LogP contribution < -0.4 is 5.32 Å². The molecule has 1 aliphatic heterocycles. The highest BCUT2D eigenvalue weighted by Crippen LogP contribution is 2.21. The molecule has 0 spiro atoms. The van der Waals surface area contributed by atoms with Gasteiger partial charge in [0.2, 0.25) is 0 Å². The Kier molecular flexibility index (Phi) is 4.36. The fourth-order valence-corrected chi connectivity index (χ4v) is 3.58. The molecule has 2 heterocycles. The molecular formula is C18H25N3O. The van der Waals surface area contributed by atoms with Crippen molar-refractivity contribution in [2.75, 3.05) is 19.6 Å². The maximum Gasteiger partial charge on any atom is 0.317 e. The monoisotopic (exact) mass is 299 g/mol. The third kappa shape index (κ3) is 3.26. The molecular weight excluding hydrogens is 274 g/mol. The van der Waals surface area contributed by atoms with Crippen molar-refractivity contribution in [1.29, 1.82) is 0 Å². The van der Waals surface area contributed by atoms with Crippen molar-refractivity contribution < 1.29 is 4.79 Å². The van der Waals surface area contributed by atoms with E-state index in [9.17, 15) is 4.79 Å². The molecule has 22 heavy (non-hydrogen) atoms. The number of aromatic amines is 1. The number of amides is 2. The Hall–Kier alpha value is -1.97. The minimum Gasteiger partial charge on any atom is -0.361 e. The van der Waals surface area contributed by atoms with E-state index in [1.54, 1.807) is 0 Å². The first kappa shape index (κ1) is 14.9. The Morgan fingerprint density at radius 1 is 1.27 bits per heavy atom. The van der Waals surface area contributed by atoms with E-state index in [1.165, 1.54) is 17.4 Å². The van der Waals surface area contributed by atoms with Gasteiger partial charge in [0, 0.05) is 36.7 Å². The number of H-pyrrole nitrogens is 1. The van der Waals surface area contributed by atoms with Crippen LogP contribution in [0.3, 0.4) is 0 Å². The second-order valence-electron chi connectivity index (χ2n) is 6.69. The highest BCUT2D eigenvalue weighted by molar-refractivity contribution is 5.83. The summed E-state index contributed by atoms with van der Waals surface area (Å²) in [4.78, 5) is 17.5. The number of para-hydroxylation sites is 1. The van der Waals surface area contributed by atoms with Gasteiger partial charge in [-0.15, -0.1) is 0 Å². The zero-order valence-corrected chi connectivity index (χ0v) is 13.4. The van der Waals surface area contributed by atoms with Gasteiger partial charge in [0.25, 0.3) is 0 Å². The number of piperidine rings is 1. The van der Waals surface area contributed by atoms with Crippen LogP contribution in [0.25, 0.3) is 10.9 Å². The van der Waals surface area contributed by atoms with E-state index < -0.39 is 0 Å². The molecule has 1 aliphatic rings. The number of benzene rings is 1. The van der Waals surface area contributed by atoms with Crippen LogP contribution in [0, 0.1) is 11.8 Å². The third-order valence-electron chi connectivity index (χ3n) is 4.50. The molecule has 2 unspecified atom stereocenters. The molecule has 0 aliphatic carbocycles. The Morgan fingerprint density at radius 3 is 2.77 bits per heavy atom. The van der Waals surface area contributed by atoms with Crippen LogP contribution in [0.2, 0.25) is 0 Å². The lowest BCUT2D eigenvalue weighted by Gasteiger charge is -2.34. The number of urea groups is 1. The van der Waals surface area contributed by atoms with Crippen LogP contribution in [-0.2, 0) is 6.42 Å². The molecule has 1 fully saturated rings. The molecule has 2 aromatic rings. The summed E-state index contributed by atoms with van der Waals surface area (Å²) in [6, 6.07) is 8.36. The summed E-state index contributed by atoms with van der Waals surface area (Å²) in [7, 11) is 0. The van der Waals surface area contributed by atoms with Crippen LogP contribution in [0.4, 0.5) is 4.79 Å². The maximum absolute atomic E-state index is 12.3. The summed E-state index contributed by atoms with van der Waals surface area (Å²) in [5.41, 5.74) is 2.42. The lowest BCUT2D eigenvalue weighted by Crippen LogP contribution is -2.47. The predicted octanol–water partition coefficient (Wildman–Crippen LogP) is 3.40. The topological polar surface area (TPSA) is 48.1 Å². The molecule has 1 saturated heterocycles. The van der Waals surface area contributed by atoms with E-state index in [1.807, 2.05) is 17.2 Å². The number of nitrogens with zero attached hydrogens (tertiary/aromatic N) is 1. The van der Waals surface area contributed by atoms with Crippen LogP contribution >= 0.6 is 0 Å². The third-order valence-corrected chi connectivity index (χ3v) is 4.50. The number of hydrogen-bond acceptors (Lipinski definition) is 1. The number of fused-ring (bicyclic) bond motifs is 1. The smallest absolute Gasteiger partial charge is 0.317 e. The number of carbonyl (C=O) groups excluding carboxylic acids is 1. The molecule has 118 valence electrons. The van der Waals surface area contributed by atoms with Crippen molar-refractivity contribution in [3.05, 3.63) is 36.0 Å². The molecule has 0 radical (unpaired) electrons. The molecule has 2 amide bonds. The normalized spacial score (nSPS) is 22.0. The lowest BCUT2D eigenvalue weighted by atomic mass is 9.92. The van der Waals surface area contributed by atoms with Crippen molar-refractivity contribution >= 4 is 16.9 Å². The Labute approximate surface area is 131 Å². The number of rotatable bonds is 3. The average Bonchev–Trinajstić information content (AvgIpc) is 2.90. The standard InChI is InChI=1S/C18H25N3O/c1-13-9-14(2)12-21(11-13)18(22)19-8-7-15-10-20-17-6-4-3-5-16(15)17/h3-6,10,13-14,20H,7-9,11-12H2,1-2H3,(H,19,22). The Bertz CT molecular complexity index is 639. The van der Waals surface area contributed by atoms with Crippen LogP contribution in [0.15, 0.2) is 30.5 Å². The zero-order valence-electron chi connectivity index (χ0n) is 13.4. The second kappa shape index (κ2) is 6.42. The van der Waals surface area contributed by atoms with Crippen molar-refractivity contribution in [2.45, 2.75) is 26.7 Å². The summed E-state index contributed by atoms with van der Waals surface area (Å²) in [5.74, 6) is 1.20. The highest BCUT2D eigenvalue weighted by atomic mass is 16.2. The van der Waals surface area contributed by atoms with Crippen LogP contribution in [0.5, 0.6) is 0 Å². The quantitative estimate of drug-likeness (QED) is 0.896. The molecule has 4 heteroatoms. The van der Waals surface area contributed by atoms with E-state index in [2.05, 4.69) is 42.3 Å². The molecule has 0 bridgehead atoms. The first-order chi connectivity index (χ1) is 10.6. The van der Waals surface area contributed by atoms with Gasteiger partial charge in [-0.1, -0.05) is 32.0 Å². The SMILES string of the molecule is CC1CC(C)CN(C(=O)NCCc2c[nH]c3ccccc23)C1. The fraction of sp³-hybridized carbons (Fsp3) is 0.500. The van der Waals surface area contributed by atoms with E-state index in [0.29, 0.717) is 18.4 Å². The van der Waals surface area contributed by atoms with Gasteiger partial charge in [-0.05, 0) is 36.3 Å². The lowest BCUT2D eigenvalue weighted by molar-refractivity contribution is 0.146. The Morgan fingerprint density at radius 2 is 2.00 bits per heavy atom. The van der Waals surface area contributed by atoms with Gasteiger partial charge >= 0.3 is 6.03 Å². The first-order valence-electron chi connectivity index (χ1n) is 8.21. The molecule has 2 N–H and O–H groups in total. The van der Waals surface area contributed by atoms with E-state index in [4.69, 9.17) is 0 Å². The summed E-state index contributed by atoms with van der Waals surface area (Å²) in [6.07, 6.45) is 4.12. The minimum atomic E-state index is 0.0817. The van der Waals surface area contributed by atoms with Crippen LogP contribution in [0.1, 0.15) is 25.8 Å². The second-order valence-corrected chi connectivity index (χ2v) is 6.69. The van der Waals surface area contributed by atoms with Gasteiger partial charge in [0.05, 0.1) is 0 Å². The number of hydrogen-bond donors (Lipinski definition) is 2. The molecule has 2 atom stereocenters. The molecule has 0 saturated carbocycles. The van der Waals surface area contributed by atoms with Crippen molar-refractivity contribution in [2.24, 2.45) is 11.8 Å². The number of aromatic nitrogens is 1. The fourth-order valence-electron chi connectivity index (χ4n) is 3.58. The Balaban J connectivity index is 1.53. The summed E-state index contributed by atoms with van der Waals surface area (Å²) in [5, 5.41) is 4.32. The van der Waals surface area contributed by atoms with Crippen LogP contribution in [-0.4, -0.2) is 35.5 Å². The molecule has 1 aromatic heterocycles. The summed E-state index contributed by atoms with van der Waals surface area (Å²) in [6.45, 7) is 6.89. The first-order valence-corrected chi connectivity index (χ1v) is 8.21. The van der Waals surface area contributed by atoms with Gasteiger partial charge in [-0.3, -0.25) is 0 Å². The summed E-state index contributed by atoms with van der Waals surface area (Å²) < 4.78 is 0. The molecule has 1 aromatic carbocycles. The minimum absolute atomic E-state index is 0.0817. The van der Waals surface area contributed by atoms with E-state index >= 15 is 0 Å². The van der Waals surface area contributed by atoms with E-state index in [-0.39, 0.29) is 6.03 Å². The van der Waals surface area contributed by atoms with Gasteiger partial charge < -0.3 is 15.2 Å². The average molecular weight is 299 g/mol. The summed E-state index contributed by atoms with van der Waals surface area (Å²) >= 11 is 0. The van der Waals surface area contributed by atoms with Gasteiger partial charge in [0.1, 0.15) is 0 Å². The van der Waals surface area contributed by atoms with Gasteiger partial charge in [-0.2, -0.15) is 0 Å². The molecule has 4 nitrogen and oxygen atoms in total. The number of carbonyl (C=O) groups is 1.